The molecule has 0 N–H and O–H groups in total. The molecular weight excluding hydrogens is 375 g/mol. The van der Waals surface area contributed by atoms with E-state index in [1.54, 1.807) is 6.92 Å². The number of aromatic nitrogens is 2. The molecule has 142 valence electrons. The van der Waals surface area contributed by atoms with E-state index in [1.165, 1.54) is 23.0 Å². The zero-order valence-electron chi connectivity index (χ0n) is 14.6. The van der Waals surface area contributed by atoms with E-state index in [0.717, 1.165) is 24.3 Å². The van der Waals surface area contributed by atoms with Gasteiger partial charge in [0.2, 0.25) is 0 Å². The van der Waals surface area contributed by atoms with Crippen molar-refractivity contribution in [3.8, 4) is 23.7 Å². The van der Waals surface area contributed by atoms with Gasteiger partial charge in [0.1, 0.15) is 17.2 Å². The smallest absolute Gasteiger partial charge is 0.263 e. The highest BCUT2D eigenvalue weighted by atomic mass is 19.4. The van der Waals surface area contributed by atoms with E-state index in [9.17, 15) is 22.0 Å². The number of fused-ring (bicyclic) bond motifs is 1. The monoisotopic (exact) mass is 388 g/mol. The standard InChI is InChI=1S/C21H13F5N2/c1-2-3-4-5-9-19(16-12-15(22)10-11-18(16)23)28-13-14-7-6-8-17(20(14)27-28)21(24,25)26/h6-8,10-13,19H,9H2,1H3. The first-order chi connectivity index (χ1) is 13.3. The molecule has 28 heavy (non-hydrogen) atoms. The van der Waals surface area contributed by atoms with Crippen LogP contribution in [0.5, 0.6) is 0 Å². The van der Waals surface area contributed by atoms with Crippen molar-refractivity contribution in [3.63, 3.8) is 0 Å². The molecule has 0 aliphatic rings. The Hall–Kier alpha value is -3.32. The number of hydrogen-bond donors (Lipinski definition) is 0. The van der Waals surface area contributed by atoms with Crippen molar-refractivity contribution in [1.82, 2.24) is 9.78 Å². The second kappa shape index (κ2) is 7.74. The molecule has 7 heteroatoms. The molecular formula is C21H13F5N2. The Labute approximate surface area is 158 Å². The van der Waals surface area contributed by atoms with E-state index >= 15 is 0 Å². The van der Waals surface area contributed by atoms with Gasteiger partial charge < -0.3 is 0 Å². The molecule has 0 amide bonds. The van der Waals surface area contributed by atoms with Gasteiger partial charge in [-0.1, -0.05) is 24.0 Å². The third-order valence-electron chi connectivity index (χ3n) is 4.07. The normalized spacial score (nSPS) is 12.1. The van der Waals surface area contributed by atoms with E-state index in [1.807, 2.05) is 0 Å². The summed E-state index contributed by atoms with van der Waals surface area (Å²) in [6.45, 7) is 1.59. The maximum atomic E-state index is 14.3. The molecule has 2 nitrogen and oxygen atoms in total. The predicted octanol–water partition coefficient (Wildman–Crippen LogP) is 5.34. The predicted molar refractivity (Wildman–Crippen MR) is 95.1 cm³/mol. The van der Waals surface area contributed by atoms with Crippen molar-refractivity contribution < 1.29 is 22.0 Å². The SMILES string of the molecule is CC#CC#CCC(c1cc(F)ccc1F)n1cc2cccc(C(F)(F)F)c2n1. The Morgan fingerprint density at radius 1 is 1.11 bits per heavy atom. The number of halogens is 5. The Morgan fingerprint density at radius 3 is 2.61 bits per heavy atom. The van der Waals surface area contributed by atoms with Crippen LogP contribution in [0.3, 0.4) is 0 Å². The maximum Gasteiger partial charge on any atom is 0.418 e. The number of alkyl halides is 3. The van der Waals surface area contributed by atoms with Crippen molar-refractivity contribution in [2.45, 2.75) is 25.6 Å². The molecule has 0 fully saturated rings. The van der Waals surface area contributed by atoms with Crippen LogP contribution in [0.1, 0.15) is 30.5 Å². The molecule has 0 radical (unpaired) electrons. The van der Waals surface area contributed by atoms with Gasteiger partial charge in [-0.3, -0.25) is 4.68 Å². The lowest BCUT2D eigenvalue weighted by atomic mass is 10.0. The lowest BCUT2D eigenvalue weighted by Crippen LogP contribution is -2.13. The lowest BCUT2D eigenvalue weighted by molar-refractivity contribution is -0.136. The summed E-state index contributed by atoms with van der Waals surface area (Å²) in [7, 11) is 0. The molecule has 3 rings (SSSR count). The average molecular weight is 388 g/mol. The molecule has 0 aliphatic carbocycles. The fraction of sp³-hybridized carbons (Fsp3) is 0.190. The molecule has 3 aromatic rings. The van der Waals surface area contributed by atoms with Gasteiger partial charge in [-0.2, -0.15) is 18.3 Å². The van der Waals surface area contributed by atoms with Crippen LogP contribution in [0, 0.1) is 35.3 Å². The van der Waals surface area contributed by atoms with Gasteiger partial charge in [-0.25, -0.2) is 8.78 Å². The third kappa shape index (κ3) is 3.99. The fourth-order valence-electron chi connectivity index (χ4n) is 2.82. The van der Waals surface area contributed by atoms with E-state index < -0.39 is 29.4 Å². The molecule has 0 saturated heterocycles. The fourth-order valence-corrected chi connectivity index (χ4v) is 2.82. The van der Waals surface area contributed by atoms with E-state index in [2.05, 4.69) is 28.8 Å². The van der Waals surface area contributed by atoms with Crippen LogP contribution in [-0.4, -0.2) is 9.78 Å². The second-order valence-corrected chi connectivity index (χ2v) is 5.91. The van der Waals surface area contributed by atoms with Gasteiger partial charge in [0.25, 0.3) is 0 Å². The molecule has 0 aliphatic heterocycles. The summed E-state index contributed by atoms with van der Waals surface area (Å²) < 4.78 is 69.0. The van der Waals surface area contributed by atoms with Gasteiger partial charge in [-0.15, -0.1) is 0 Å². The molecule has 1 unspecified atom stereocenters. The van der Waals surface area contributed by atoms with Crippen LogP contribution in [0.2, 0.25) is 0 Å². The van der Waals surface area contributed by atoms with Crippen molar-refractivity contribution in [2.24, 2.45) is 0 Å². The summed E-state index contributed by atoms with van der Waals surface area (Å²) in [5.41, 5.74) is -1.22. The molecule has 0 spiro atoms. The van der Waals surface area contributed by atoms with Gasteiger partial charge in [0.15, 0.2) is 0 Å². The van der Waals surface area contributed by atoms with Crippen LogP contribution < -0.4 is 0 Å². The first-order valence-corrected chi connectivity index (χ1v) is 8.21. The van der Waals surface area contributed by atoms with E-state index in [0.29, 0.717) is 0 Å². The number of hydrogen-bond acceptors (Lipinski definition) is 1. The summed E-state index contributed by atoms with van der Waals surface area (Å²) >= 11 is 0. The number of nitrogens with zero attached hydrogens (tertiary/aromatic N) is 2. The van der Waals surface area contributed by atoms with Crippen molar-refractivity contribution in [1.29, 1.82) is 0 Å². The molecule has 0 bridgehead atoms. The summed E-state index contributed by atoms with van der Waals surface area (Å²) in [5.74, 6) is 9.02. The molecule has 1 heterocycles. The average Bonchev–Trinajstić information content (AvgIpc) is 3.07. The highest BCUT2D eigenvalue weighted by Crippen LogP contribution is 2.35. The van der Waals surface area contributed by atoms with Crippen LogP contribution in [0.4, 0.5) is 22.0 Å². The van der Waals surface area contributed by atoms with E-state index in [-0.39, 0.29) is 22.9 Å². The summed E-state index contributed by atoms with van der Waals surface area (Å²) in [5, 5.41) is 4.26. The van der Waals surface area contributed by atoms with Gasteiger partial charge in [0.05, 0.1) is 11.6 Å². The van der Waals surface area contributed by atoms with Crippen LogP contribution >= 0.6 is 0 Å². The zero-order chi connectivity index (χ0) is 20.3. The largest absolute Gasteiger partial charge is 0.418 e. The molecule has 1 aromatic heterocycles. The van der Waals surface area contributed by atoms with Gasteiger partial charge in [0, 0.05) is 23.6 Å². The van der Waals surface area contributed by atoms with Crippen molar-refractivity contribution >= 4 is 10.9 Å². The van der Waals surface area contributed by atoms with Crippen LogP contribution in [0.25, 0.3) is 10.9 Å². The van der Waals surface area contributed by atoms with Crippen molar-refractivity contribution in [2.75, 3.05) is 0 Å². The summed E-state index contributed by atoms with van der Waals surface area (Å²) in [4.78, 5) is 0. The Morgan fingerprint density at radius 2 is 1.89 bits per heavy atom. The quantitative estimate of drug-likeness (QED) is 0.438. The Kier molecular flexibility index (Phi) is 5.37. The third-order valence-corrected chi connectivity index (χ3v) is 4.07. The minimum atomic E-state index is -4.59. The summed E-state index contributed by atoms with van der Waals surface area (Å²) in [6.07, 6.45) is -3.23. The highest BCUT2D eigenvalue weighted by Gasteiger charge is 2.34. The Balaban J connectivity index is 2.16. The van der Waals surface area contributed by atoms with Crippen LogP contribution in [-0.2, 0) is 6.18 Å². The minimum absolute atomic E-state index is 0.00953. The zero-order valence-corrected chi connectivity index (χ0v) is 14.6. The number of rotatable bonds is 3. The van der Waals surface area contributed by atoms with Crippen molar-refractivity contribution in [3.05, 3.63) is 65.4 Å². The topological polar surface area (TPSA) is 17.8 Å². The molecule has 1 atom stereocenters. The molecule has 2 aromatic carbocycles. The lowest BCUT2D eigenvalue weighted by Gasteiger charge is -2.16. The Bertz CT molecular complexity index is 1140. The first kappa shape index (κ1) is 19.4. The van der Waals surface area contributed by atoms with Crippen LogP contribution in [0.15, 0.2) is 42.6 Å². The minimum Gasteiger partial charge on any atom is -0.263 e. The summed E-state index contributed by atoms with van der Waals surface area (Å²) in [6, 6.07) is 5.66. The molecule has 0 saturated carbocycles. The van der Waals surface area contributed by atoms with Gasteiger partial charge >= 0.3 is 6.18 Å². The number of benzene rings is 2. The maximum absolute atomic E-state index is 14.3. The highest BCUT2D eigenvalue weighted by molar-refractivity contribution is 5.82. The van der Waals surface area contributed by atoms with E-state index in [4.69, 9.17) is 0 Å². The van der Waals surface area contributed by atoms with Gasteiger partial charge in [-0.05, 0) is 43.0 Å². The first-order valence-electron chi connectivity index (χ1n) is 8.21. The second-order valence-electron chi connectivity index (χ2n) is 5.91.